The molecule has 0 bridgehead atoms. The number of aromatic nitrogens is 5. The van der Waals surface area contributed by atoms with Crippen molar-refractivity contribution in [2.24, 2.45) is 0 Å². The van der Waals surface area contributed by atoms with Crippen molar-refractivity contribution >= 4 is 28.8 Å². The van der Waals surface area contributed by atoms with Crippen molar-refractivity contribution in [1.29, 1.82) is 0 Å². The number of nitrogens with zero attached hydrogens (tertiary/aromatic N) is 5. The number of carbonyl (C=O) groups excluding carboxylic acids is 1. The van der Waals surface area contributed by atoms with Crippen LogP contribution in [0.1, 0.15) is 0 Å². The third kappa shape index (κ3) is 4.65. The summed E-state index contributed by atoms with van der Waals surface area (Å²) in [7, 11) is 0. The van der Waals surface area contributed by atoms with Gasteiger partial charge in [-0.05, 0) is 60.7 Å². The number of rotatable bonds is 6. The first-order valence-corrected chi connectivity index (χ1v) is 10.5. The predicted octanol–water partition coefficient (Wildman–Crippen LogP) is 4.52. The van der Waals surface area contributed by atoms with E-state index >= 15 is 0 Å². The second-order valence-electron chi connectivity index (χ2n) is 7.10. The molecule has 0 fully saturated rings. The molecule has 5 rings (SSSR count). The fourth-order valence-corrected chi connectivity index (χ4v) is 3.32. The van der Waals surface area contributed by atoms with Crippen LogP contribution in [0.15, 0.2) is 85.1 Å². The smallest absolute Gasteiger partial charge is 0.262 e. The van der Waals surface area contributed by atoms with Gasteiger partial charge in [0.05, 0.1) is 5.69 Å². The number of benzene rings is 2. The second-order valence-corrected chi connectivity index (χ2v) is 7.53. The first-order chi connectivity index (χ1) is 16.2. The number of ether oxygens (including phenoxy) is 1. The highest BCUT2D eigenvalue weighted by Crippen LogP contribution is 2.22. The van der Waals surface area contributed by atoms with Crippen LogP contribution in [0.3, 0.4) is 0 Å². The molecule has 0 unspecified atom stereocenters. The molecule has 0 aliphatic heterocycles. The molecule has 1 amide bonds. The summed E-state index contributed by atoms with van der Waals surface area (Å²) >= 11 is 5.85. The zero-order chi connectivity index (χ0) is 22.6. The Morgan fingerprint density at radius 3 is 2.48 bits per heavy atom. The van der Waals surface area contributed by atoms with Crippen LogP contribution in [0, 0.1) is 0 Å². The predicted molar refractivity (Wildman–Crippen MR) is 125 cm³/mol. The molecule has 162 valence electrons. The number of halogens is 1. The Hall–Kier alpha value is -4.30. The largest absolute Gasteiger partial charge is 0.484 e. The van der Waals surface area contributed by atoms with Crippen molar-refractivity contribution < 1.29 is 9.53 Å². The molecule has 0 saturated carbocycles. The Labute approximate surface area is 193 Å². The van der Waals surface area contributed by atoms with Crippen LogP contribution in [0.5, 0.6) is 5.75 Å². The molecule has 0 atom stereocenters. The molecule has 33 heavy (non-hydrogen) atoms. The third-order valence-corrected chi connectivity index (χ3v) is 5.06. The van der Waals surface area contributed by atoms with E-state index in [1.807, 2.05) is 54.6 Å². The Bertz CT molecular complexity index is 1400. The Balaban J connectivity index is 1.29. The normalized spacial score (nSPS) is 10.8. The Morgan fingerprint density at radius 1 is 0.909 bits per heavy atom. The molecule has 8 nitrogen and oxygen atoms in total. The van der Waals surface area contributed by atoms with E-state index in [0.717, 1.165) is 11.3 Å². The molecule has 9 heteroatoms. The standard InChI is InChI=1S/C24H17ClN6O2/c25-17-6-10-19(11-7-17)33-15-23(32)27-18-8-4-16(5-9-18)20-12-13-22-28-29-24(31(22)30-20)21-3-1-2-14-26-21/h1-14H,15H2,(H,27,32). The zero-order valence-electron chi connectivity index (χ0n) is 17.2. The molecule has 1 N–H and O–H groups in total. The van der Waals surface area contributed by atoms with E-state index in [0.29, 0.717) is 33.6 Å². The zero-order valence-corrected chi connectivity index (χ0v) is 18.0. The van der Waals surface area contributed by atoms with Crippen molar-refractivity contribution in [3.8, 4) is 28.5 Å². The van der Waals surface area contributed by atoms with E-state index in [-0.39, 0.29) is 12.5 Å². The maximum atomic E-state index is 12.2. The van der Waals surface area contributed by atoms with Gasteiger partial charge in [0.2, 0.25) is 5.82 Å². The summed E-state index contributed by atoms with van der Waals surface area (Å²) in [6.07, 6.45) is 1.70. The van der Waals surface area contributed by atoms with Gasteiger partial charge in [-0.3, -0.25) is 9.78 Å². The molecule has 0 radical (unpaired) electrons. The number of amides is 1. The van der Waals surface area contributed by atoms with Crippen LogP contribution < -0.4 is 10.1 Å². The van der Waals surface area contributed by atoms with Crippen LogP contribution in [-0.2, 0) is 4.79 Å². The van der Waals surface area contributed by atoms with Crippen LogP contribution >= 0.6 is 11.6 Å². The van der Waals surface area contributed by atoms with Gasteiger partial charge in [0.15, 0.2) is 12.3 Å². The maximum absolute atomic E-state index is 12.2. The van der Waals surface area contributed by atoms with Crippen molar-refractivity contribution in [3.63, 3.8) is 0 Å². The number of pyridine rings is 1. The van der Waals surface area contributed by atoms with Crippen molar-refractivity contribution in [2.75, 3.05) is 11.9 Å². The lowest BCUT2D eigenvalue weighted by atomic mass is 10.1. The van der Waals surface area contributed by atoms with Gasteiger partial charge in [0, 0.05) is 22.5 Å². The van der Waals surface area contributed by atoms with Gasteiger partial charge in [-0.2, -0.15) is 9.61 Å². The van der Waals surface area contributed by atoms with Crippen molar-refractivity contribution in [1.82, 2.24) is 24.8 Å². The summed E-state index contributed by atoms with van der Waals surface area (Å²) in [5.41, 5.74) is 3.59. The molecule has 0 saturated heterocycles. The molecular formula is C24H17ClN6O2. The number of hydrogen-bond donors (Lipinski definition) is 1. The molecule has 3 heterocycles. The van der Waals surface area contributed by atoms with Crippen LogP contribution in [-0.4, -0.2) is 37.3 Å². The number of carbonyl (C=O) groups is 1. The van der Waals surface area contributed by atoms with E-state index in [2.05, 4.69) is 25.6 Å². The molecule has 0 aliphatic rings. The topological polar surface area (TPSA) is 94.3 Å². The van der Waals surface area contributed by atoms with Gasteiger partial charge in [-0.15, -0.1) is 10.2 Å². The van der Waals surface area contributed by atoms with E-state index in [9.17, 15) is 4.79 Å². The quantitative estimate of drug-likeness (QED) is 0.403. The summed E-state index contributed by atoms with van der Waals surface area (Å²) in [6, 6.07) is 23.5. The van der Waals surface area contributed by atoms with Gasteiger partial charge >= 0.3 is 0 Å². The lowest BCUT2D eigenvalue weighted by molar-refractivity contribution is -0.118. The van der Waals surface area contributed by atoms with Crippen LogP contribution in [0.2, 0.25) is 5.02 Å². The minimum atomic E-state index is -0.262. The highest BCUT2D eigenvalue weighted by molar-refractivity contribution is 6.30. The van der Waals surface area contributed by atoms with E-state index in [1.165, 1.54) is 0 Å². The van der Waals surface area contributed by atoms with E-state index in [1.54, 1.807) is 35.0 Å². The van der Waals surface area contributed by atoms with Crippen molar-refractivity contribution in [2.45, 2.75) is 0 Å². The number of nitrogens with one attached hydrogen (secondary N) is 1. The minimum Gasteiger partial charge on any atom is -0.484 e. The minimum absolute atomic E-state index is 0.106. The highest BCUT2D eigenvalue weighted by Gasteiger charge is 2.12. The SMILES string of the molecule is O=C(COc1ccc(Cl)cc1)Nc1ccc(-c2ccc3nnc(-c4ccccn4)n3n2)cc1. The maximum Gasteiger partial charge on any atom is 0.262 e. The summed E-state index contributed by atoms with van der Waals surface area (Å²) < 4.78 is 7.14. The second kappa shape index (κ2) is 9.05. The summed E-state index contributed by atoms with van der Waals surface area (Å²) in [5, 5.41) is 16.5. The van der Waals surface area contributed by atoms with Crippen molar-refractivity contribution in [3.05, 3.63) is 90.1 Å². The average molecular weight is 457 g/mol. The molecular weight excluding hydrogens is 440 g/mol. The first kappa shape index (κ1) is 20.6. The molecule has 3 aromatic heterocycles. The van der Waals surface area contributed by atoms with Crippen LogP contribution in [0.25, 0.3) is 28.4 Å². The lowest BCUT2D eigenvalue weighted by Crippen LogP contribution is -2.20. The lowest BCUT2D eigenvalue weighted by Gasteiger charge is -2.08. The summed E-state index contributed by atoms with van der Waals surface area (Å²) in [5.74, 6) is 0.879. The first-order valence-electron chi connectivity index (χ1n) is 10.1. The molecule has 0 spiro atoms. The monoisotopic (exact) mass is 456 g/mol. The van der Waals surface area contributed by atoms with Gasteiger partial charge in [-0.25, -0.2) is 0 Å². The Kier molecular flexibility index (Phi) is 5.65. The van der Waals surface area contributed by atoms with Gasteiger partial charge < -0.3 is 10.1 Å². The van der Waals surface area contributed by atoms with Gasteiger partial charge in [0.1, 0.15) is 11.4 Å². The van der Waals surface area contributed by atoms with Crippen LogP contribution in [0.4, 0.5) is 5.69 Å². The number of anilines is 1. The van der Waals surface area contributed by atoms with Gasteiger partial charge in [0.25, 0.3) is 5.91 Å². The fraction of sp³-hybridized carbons (Fsp3) is 0.0417. The van der Waals surface area contributed by atoms with Gasteiger partial charge in [-0.1, -0.05) is 29.8 Å². The third-order valence-electron chi connectivity index (χ3n) is 4.80. The van der Waals surface area contributed by atoms with E-state index in [4.69, 9.17) is 16.3 Å². The molecule has 2 aromatic carbocycles. The fourth-order valence-electron chi connectivity index (χ4n) is 3.20. The average Bonchev–Trinajstić information content (AvgIpc) is 3.28. The molecule has 5 aromatic rings. The highest BCUT2D eigenvalue weighted by atomic mass is 35.5. The molecule has 0 aliphatic carbocycles. The Morgan fingerprint density at radius 2 is 1.73 bits per heavy atom. The number of fused-ring (bicyclic) bond motifs is 1. The summed E-state index contributed by atoms with van der Waals surface area (Å²) in [4.78, 5) is 16.5. The summed E-state index contributed by atoms with van der Waals surface area (Å²) in [6.45, 7) is -0.106. The number of hydrogen-bond acceptors (Lipinski definition) is 6. The van der Waals surface area contributed by atoms with E-state index < -0.39 is 0 Å².